The van der Waals surface area contributed by atoms with Crippen molar-refractivity contribution in [2.45, 2.75) is 22.7 Å². The van der Waals surface area contributed by atoms with E-state index in [0.717, 1.165) is 0 Å². The molecule has 0 aromatic carbocycles. The molecule has 11 heavy (non-hydrogen) atoms. The van der Waals surface area contributed by atoms with Crippen molar-refractivity contribution < 1.29 is 0 Å². The first-order chi connectivity index (χ1) is 5.24. The fourth-order valence-electron chi connectivity index (χ4n) is 0.250. The summed E-state index contributed by atoms with van der Waals surface area (Å²) in [5, 5.41) is 16.9. The van der Waals surface area contributed by atoms with Crippen molar-refractivity contribution >= 4 is 46.4 Å². The maximum Gasteiger partial charge on any atom is -0.0797 e. The average molecular weight is 293 g/mol. The molecule has 0 amide bonds. The third-order valence-electron chi connectivity index (χ3n) is 0.500. The van der Waals surface area contributed by atoms with E-state index in [0.29, 0.717) is 0 Å². The van der Waals surface area contributed by atoms with Gasteiger partial charge in [0.2, 0.25) is 0 Å². The van der Waals surface area contributed by atoms with E-state index in [1.165, 1.54) is 19.7 Å². The quantitative estimate of drug-likeness (QED) is 0.441. The topological polar surface area (TPSA) is 47.6 Å². The number of hydrogen-bond donors (Lipinski definition) is 0. The van der Waals surface area contributed by atoms with Gasteiger partial charge in [-0.05, 0) is 0 Å². The fraction of sp³-hybridized carbons (Fsp3) is 0.667. The van der Waals surface area contributed by atoms with Gasteiger partial charge in [-0.1, -0.05) is 10.8 Å². The normalized spacial score (nSPS) is 4.36. The first-order valence-corrected chi connectivity index (χ1v) is 7.83. The Labute approximate surface area is 90.0 Å². The second-order valence-electron chi connectivity index (χ2n) is 1.14. The molecule has 0 aliphatic rings. The van der Waals surface area contributed by atoms with Gasteiger partial charge in [0.25, 0.3) is 0 Å². The molecular formula is C6H10N2S2Sn. The summed E-state index contributed by atoms with van der Waals surface area (Å²) in [7, 11) is 0. The number of hydrogen-bond acceptors (Lipinski definition) is 4. The molecule has 0 heterocycles. The van der Waals surface area contributed by atoms with Crippen LogP contribution in [0.2, 0.25) is 8.87 Å². The van der Waals surface area contributed by atoms with Crippen molar-refractivity contribution in [3.63, 3.8) is 0 Å². The van der Waals surface area contributed by atoms with Crippen LogP contribution in [-0.4, -0.2) is 21.1 Å². The Hall–Kier alpha value is 0.219. The molecule has 0 aromatic rings. The minimum absolute atomic E-state index is 0.218. The molecule has 5 heteroatoms. The largest absolute Gasteiger partial charge is 0.696 e. The summed E-state index contributed by atoms with van der Waals surface area (Å²) in [6.07, 6.45) is 0. The van der Waals surface area contributed by atoms with Crippen LogP contribution in [0, 0.1) is 21.3 Å². The van der Waals surface area contributed by atoms with Crippen LogP contribution >= 0.6 is 0 Å². The second-order valence-corrected chi connectivity index (χ2v) is 6.97. The number of thiocyanates is 2. The monoisotopic (exact) mass is 294 g/mol. The molecule has 0 N–H and O–H groups in total. The number of nitriles is 2. The third kappa shape index (κ3) is 140. The SMILES string of the molecule is C[CH2][Sn+2][CH2]C.N#C[S-].N#C[S-]. The minimum Gasteiger partial charge on any atom is -0.696 e. The summed E-state index contributed by atoms with van der Waals surface area (Å²) in [5.74, 6) is 0. The van der Waals surface area contributed by atoms with Crippen LogP contribution in [0.1, 0.15) is 13.8 Å². The molecule has 0 rings (SSSR count). The van der Waals surface area contributed by atoms with Gasteiger partial charge in [-0.2, -0.15) is 0 Å². The molecule has 0 saturated heterocycles. The Balaban J connectivity index is -0.0000000933. The Bertz CT molecular complexity index is 103. The van der Waals surface area contributed by atoms with Gasteiger partial charge < -0.3 is 25.3 Å². The number of nitrogens with zero attached hydrogens (tertiary/aromatic N) is 2. The van der Waals surface area contributed by atoms with Gasteiger partial charge in [0, 0.05) is 0 Å². The Kier molecular flexibility index (Phi) is 50.3. The van der Waals surface area contributed by atoms with Crippen LogP contribution in [0.3, 0.4) is 0 Å². The van der Waals surface area contributed by atoms with E-state index in [4.69, 9.17) is 10.5 Å². The van der Waals surface area contributed by atoms with E-state index >= 15 is 0 Å². The summed E-state index contributed by atoms with van der Waals surface area (Å²) in [6.45, 7) is 4.57. The maximum atomic E-state index is 7.13. The van der Waals surface area contributed by atoms with Crippen molar-refractivity contribution in [2.75, 3.05) is 0 Å². The van der Waals surface area contributed by atoms with E-state index < -0.39 is 0 Å². The molecule has 0 saturated carbocycles. The molecule has 0 aliphatic heterocycles. The molecule has 2 nitrogen and oxygen atoms in total. The summed E-state index contributed by atoms with van der Waals surface area (Å²) in [4.78, 5) is 0. The fourth-order valence-corrected chi connectivity index (χ4v) is 1.68. The molecule has 0 atom stereocenters. The molecule has 0 fully saturated rings. The maximum absolute atomic E-state index is 7.13. The second kappa shape index (κ2) is 31.9. The molecule has 0 aromatic heterocycles. The predicted octanol–water partition coefficient (Wildman–Crippen LogP) is 1.60. The summed E-state index contributed by atoms with van der Waals surface area (Å²) in [6, 6.07) is 0. The van der Waals surface area contributed by atoms with Gasteiger partial charge in [0.1, 0.15) is 0 Å². The average Bonchev–Trinajstić information content (AvgIpc) is 1.92. The molecule has 0 spiro atoms. The van der Waals surface area contributed by atoms with Gasteiger partial charge in [0.15, 0.2) is 0 Å². The zero-order valence-corrected chi connectivity index (χ0v) is 11.1. The van der Waals surface area contributed by atoms with E-state index in [-0.39, 0.29) is 21.1 Å². The van der Waals surface area contributed by atoms with Gasteiger partial charge in [-0.25, -0.2) is 10.5 Å². The van der Waals surface area contributed by atoms with Crippen LogP contribution in [0.5, 0.6) is 0 Å². The van der Waals surface area contributed by atoms with Crippen LogP contribution in [0.4, 0.5) is 0 Å². The van der Waals surface area contributed by atoms with E-state index in [2.05, 4.69) is 39.1 Å². The van der Waals surface area contributed by atoms with Gasteiger partial charge in [-0.15, -0.1) is 0 Å². The van der Waals surface area contributed by atoms with E-state index in [1.54, 1.807) is 0 Å². The zero-order valence-electron chi connectivity index (χ0n) is 6.63. The molecule has 0 radical (unpaired) electrons. The van der Waals surface area contributed by atoms with Crippen LogP contribution in [0.25, 0.3) is 0 Å². The Morgan fingerprint density at radius 2 is 1.27 bits per heavy atom. The summed E-state index contributed by atoms with van der Waals surface area (Å²) >= 11 is 7.62. The predicted molar refractivity (Wildman–Crippen MR) is 52.7 cm³/mol. The molecule has 0 bridgehead atoms. The smallest absolute Gasteiger partial charge is 0.0797 e. The molecule has 0 aliphatic carbocycles. The van der Waals surface area contributed by atoms with E-state index in [1.807, 2.05) is 0 Å². The number of rotatable bonds is 2. The molecule has 60 valence electrons. The Morgan fingerprint density at radius 1 is 1.09 bits per heavy atom. The minimum atomic E-state index is 0.218. The zero-order chi connectivity index (χ0) is 9.54. The van der Waals surface area contributed by atoms with Crippen molar-refractivity contribution in [3.8, 4) is 10.8 Å². The van der Waals surface area contributed by atoms with E-state index in [9.17, 15) is 0 Å². The van der Waals surface area contributed by atoms with Gasteiger partial charge >= 0.3 is 43.9 Å². The molecular weight excluding hydrogens is 283 g/mol. The van der Waals surface area contributed by atoms with Gasteiger partial charge in [0.05, 0.1) is 0 Å². The first kappa shape index (κ1) is 17.3. The third-order valence-corrected chi connectivity index (χ3v) is 3.35. The van der Waals surface area contributed by atoms with Crippen molar-refractivity contribution in [3.05, 3.63) is 0 Å². The van der Waals surface area contributed by atoms with Crippen molar-refractivity contribution in [2.24, 2.45) is 0 Å². The summed E-state index contributed by atoms with van der Waals surface area (Å²) in [5.41, 5.74) is 0. The molecule has 0 unspecified atom stereocenters. The van der Waals surface area contributed by atoms with Crippen molar-refractivity contribution in [1.82, 2.24) is 0 Å². The Morgan fingerprint density at radius 3 is 1.27 bits per heavy atom. The van der Waals surface area contributed by atoms with Crippen molar-refractivity contribution in [1.29, 1.82) is 10.5 Å². The summed E-state index contributed by atoms with van der Waals surface area (Å²) < 4.78 is 3.03. The van der Waals surface area contributed by atoms with Crippen LogP contribution in [0.15, 0.2) is 0 Å². The van der Waals surface area contributed by atoms with Crippen LogP contribution in [-0.2, 0) is 25.3 Å². The first-order valence-electron chi connectivity index (χ1n) is 2.98. The van der Waals surface area contributed by atoms with Crippen LogP contribution < -0.4 is 0 Å². The standard InChI is InChI=1S/2C2H5.2CHNS.Sn/c2*1-2;2*2-1-3;/h2*1H2,2H3;2*3H;/q;;;;+2/p-2. The van der Waals surface area contributed by atoms with Gasteiger partial charge in [-0.3, -0.25) is 0 Å².